The number of hydrogen-bond donors (Lipinski definition) is 4. The lowest BCUT2D eigenvalue weighted by atomic mass is 10.1. The fourth-order valence-electron chi connectivity index (χ4n) is 2.72. The van der Waals surface area contributed by atoms with Crippen LogP contribution in [0.1, 0.15) is 31.2 Å². The van der Waals surface area contributed by atoms with Crippen LogP contribution in [-0.4, -0.2) is 61.2 Å². The number of amides is 3. The Labute approximate surface area is 214 Å². The zero-order valence-corrected chi connectivity index (χ0v) is 20.1. The molecule has 0 saturated heterocycles. The smallest absolute Gasteiger partial charge is 0.459 e. The largest absolute Gasteiger partial charge is 0.471 e. The first-order valence-electron chi connectivity index (χ1n) is 10.7. The predicted molar refractivity (Wildman–Crippen MR) is 120 cm³/mol. The topological polar surface area (TPSA) is 140 Å². The Morgan fingerprint density at radius 1 is 0.838 bits per heavy atom. The second-order valence-corrected chi connectivity index (χ2v) is 7.55. The van der Waals surface area contributed by atoms with Gasteiger partial charge in [-0.15, -0.1) is 12.4 Å². The van der Waals surface area contributed by atoms with E-state index in [1.807, 2.05) is 0 Å². The second kappa shape index (κ2) is 15.9. The summed E-state index contributed by atoms with van der Waals surface area (Å²) < 4.78 is 78.5. The summed E-state index contributed by atoms with van der Waals surface area (Å²) in [6.45, 7) is -0.996. The van der Waals surface area contributed by atoms with Crippen molar-refractivity contribution >= 4 is 36.1 Å². The molecule has 3 amide bonds. The highest BCUT2D eigenvalue weighted by Gasteiger charge is 2.39. The molecule has 0 bridgehead atoms. The molecule has 1 aromatic carbocycles. The minimum Gasteiger partial charge on any atom is -0.459 e. The number of ether oxygens (including phenoxy) is 1. The minimum absolute atomic E-state index is 0. The molecule has 0 saturated carbocycles. The molecule has 0 aliphatic carbocycles. The first-order chi connectivity index (χ1) is 16.7. The molecular weight excluding hydrogens is 538 g/mol. The van der Waals surface area contributed by atoms with Crippen LogP contribution < -0.4 is 21.7 Å². The van der Waals surface area contributed by atoms with Gasteiger partial charge >= 0.3 is 30.1 Å². The molecule has 0 heterocycles. The number of rotatable bonds is 13. The number of esters is 1. The van der Waals surface area contributed by atoms with E-state index in [1.54, 1.807) is 41.0 Å². The summed E-state index contributed by atoms with van der Waals surface area (Å²) >= 11 is 0. The van der Waals surface area contributed by atoms with Crippen molar-refractivity contribution in [1.29, 1.82) is 0 Å². The van der Waals surface area contributed by atoms with Crippen LogP contribution in [0.15, 0.2) is 30.3 Å². The zero-order chi connectivity index (χ0) is 27.4. The van der Waals surface area contributed by atoms with Crippen LogP contribution in [0, 0.1) is 0 Å². The average molecular weight is 565 g/mol. The Kier molecular flexibility index (Phi) is 14.6. The Balaban J connectivity index is 0.0000130. The van der Waals surface area contributed by atoms with Crippen LogP contribution in [0.2, 0.25) is 0 Å². The van der Waals surface area contributed by atoms with Gasteiger partial charge in [0.05, 0.1) is 6.04 Å². The van der Waals surface area contributed by atoms with Crippen molar-refractivity contribution in [1.82, 2.24) is 16.0 Å². The Morgan fingerprint density at radius 2 is 1.32 bits per heavy atom. The van der Waals surface area contributed by atoms with E-state index in [0.29, 0.717) is 5.56 Å². The van der Waals surface area contributed by atoms with Gasteiger partial charge in [0.25, 0.3) is 0 Å². The lowest BCUT2D eigenvalue weighted by Crippen LogP contribution is -2.49. The Bertz CT molecular complexity index is 886. The van der Waals surface area contributed by atoms with Crippen molar-refractivity contribution in [3.05, 3.63) is 35.9 Å². The first-order valence-corrected chi connectivity index (χ1v) is 10.7. The fraction of sp³-hybridized carbons (Fsp3) is 0.524. The highest BCUT2D eigenvalue weighted by atomic mass is 35.5. The van der Waals surface area contributed by atoms with Gasteiger partial charge in [0.15, 0.2) is 0 Å². The van der Waals surface area contributed by atoms with Gasteiger partial charge in [-0.05, 0) is 31.2 Å². The van der Waals surface area contributed by atoms with Crippen LogP contribution in [0.25, 0.3) is 0 Å². The number of hydrogen-bond acceptors (Lipinski definition) is 6. The van der Waals surface area contributed by atoms with Crippen molar-refractivity contribution in [2.24, 2.45) is 5.73 Å². The number of alkyl halides is 6. The second-order valence-electron chi connectivity index (χ2n) is 7.55. The zero-order valence-electron chi connectivity index (χ0n) is 19.3. The first kappa shape index (κ1) is 33.9. The standard InChI is InChI=1S/C21H26F6N4O5.ClH/c22-20(23,24)18(34)29-10-4-8-14(28)16(32)31-15(9-5-11-30-19(35)21(25,26)27)17(33)36-12-13-6-2-1-3-7-13;/h1-3,6-7,14-15H,4-5,8-12,28H2,(H,29,34)(H,30,35)(H,31,32);1H/t14-,15-;/m0./s1. The average Bonchev–Trinajstić information content (AvgIpc) is 2.80. The molecule has 0 aliphatic rings. The van der Waals surface area contributed by atoms with E-state index in [-0.39, 0.29) is 44.7 Å². The normalized spacial score (nSPS) is 12.9. The maximum absolute atomic E-state index is 12.5. The summed E-state index contributed by atoms with van der Waals surface area (Å²) in [4.78, 5) is 46.5. The Hall–Kier alpha value is -3.07. The highest BCUT2D eigenvalue weighted by molar-refractivity contribution is 5.87. The summed E-state index contributed by atoms with van der Waals surface area (Å²) in [6.07, 6.45) is -10.7. The molecule has 1 aromatic rings. The molecule has 9 nitrogen and oxygen atoms in total. The van der Waals surface area contributed by atoms with Crippen molar-refractivity contribution in [2.75, 3.05) is 13.1 Å². The molecule has 1 rings (SSSR count). The molecule has 0 spiro atoms. The van der Waals surface area contributed by atoms with Crippen LogP contribution in [0.4, 0.5) is 26.3 Å². The van der Waals surface area contributed by atoms with Gasteiger partial charge in [-0.1, -0.05) is 30.3 Å². The van der Waals surface area contributed by atoms with Crippen molar-refractivity contribution in [3.8, 4) is 0 Å². The molecule has 0 unspecified atom stereocenters. The minimum atomic E-state index is -5.07. The number of halogens is 7. The molecule has 0 radical (unpaired) electrons. The maximum Gasteiger partial charge on any atom is 0.471 e. The van der Waals surface area contributed by atoms with Crippen molar-refractivity contribution < 1.29 is 50.3 Å². The van der Waals surface area contributed by atoms with E-state index in [1.165, 1.54) is 0 Å². The van der Waals surface area contributed by atoms with Crippen LogP contribution >= 0.6 is 12.4 Å². The van der Waals surface area contributed by atoms with E-state index in [0.717, 1.165) is 0 Å². The van der Waals surface area contributed by atoms with Gasteiger partial charge in [0.1, 0.15) is 12.6 Å². The summed E-state index contributed by atoms with van der Waals surface area (Å²) in [6, 6.07) is 5.88. The lowest BCUT2D eigenvalue weighted by Gasteiger charge is -2.20. The van der Waals surface area contributed by atoms with Gasteiger partial charge < -0.3 is 26.4 Å². The van der Waals surface area contributed by atoms with E-state index >= 15 is 0 Å². The van der Waals surface area contributed by atoms with Crippen LogP contribution in [0.3, 0.4) is 0 Å². The number of benzene rings is 1. The van der Waals surface area contributed by atoms with Gasteiger partial charge in [0, 0.05) is 13.1 Å². The summed E-state index contributed by atoms with van der Waals surface area (Å²) in [5.41, 5.74) is 6.33. The molecule has 210 valence electrons. The highest BCUT2D eigenvalue weighted by Crippen LogP contribution is 2.15. The number of nitrogens with two attached hydrogens (primary N) is 1. The van der Waals surface area contributed by atoms with Crippen molar-refractivity contribution in [3.63, 3.8) is 0 Å². The molecule has 16 heteroatoms. The summed E-state index contributed by atoms with van der Waals surface area (Å²) in [5.74, 6) is -6.06. The predicted octanol–water partition coefficient (Wildman–Crippen LogP) is 1.88. The molecule has 37 heavy (non-hydrogen) atoms. The molecule has 0 fully saturated rings. The van der Waals surface area contributed by atoms with Crippen LogP contribution in [-0.2, 0) is 30.5 Å². The maximum atomic E-state index is 12.5. The summed E-state index contributed by atoms with van der Waals surface area (Å²) in [7, 11) is 0. The molecule has 5 N–H and O–H groups in total. The van der Waals surface area contributed by atoms with E-state index in [9.17, 15) is 45.5 Å². The van der Waals surface area contributed by atoms with Crippen LogP contribution in [0.5, 0.6) is 0 Å². The fourth-order valence-corrected chi connectivity index (χ4v) is 2.72. The van der Waals surface area contributed by atoms with Gasteiger partial charge in [-0.25, -0.2) is 4.79 Å². The quantitative estimate of drug-likeness (QED) is 0.164. The molecule has 0 aliphatic heterocycles. The van der Waals surface area contributed by atoms with Gasteiger partial charge in [-0.3, -0.25) is 14.4 Å². The van der Waals surface area contributed by atoms with E-state index < -0.39 is 61.2 Å². The SMILES string of the molecule is Cl.N[C@@H](CCCNC(=O)C(F)(F)F)C(=O)N[C@@H](CCCNC(=O)C(F)(F)F)C(=O)OCc1ccccc1. The van der Waals surface area contributed by atoms with Gasteiger partial charge in [0.2, 0.25) is 5.91 Å². The van der Waals surface area contributed by atoms with E-state index in [4.69, 9.17) is 10.5 Å². The third-order valence-corrected chi connectivity index (χ3v) is 4.61. The third kappa shape index (κ3) is 13.7. The van der Waals surface area contributed by atoms with E-state index in [2.05, 4.69) is 5.32 Å². The monoisotopic (exact) mass is 564 g/mol. The molecular formula is C21H27ClF6N4O5. The summed E-state index contributed by atoms with van der Waals surface area (Å²) in [5, 5.41) is 5.56. The third-order valence-electron chi connectivity index (χ3n) is 4.61. The van der Waals surface area contributed by atoms with Gasteiger partial charge in [-0.2, -0.15) is 26.3 Å². The lowest BCUT2D eigenvalue weighted by molar-refractivity contribution is -0.173. The molecule has 2 atom stereocenters. The van der Waals surface area contributed by atoms with Crippen molar-refractivity contribution in [2.45, 2.75) is 56.7 Å². The number of nitrogens with one attached hydrogen (secondary N) is 3. The Morgan fingerprint density at radius 3 is 1.81 bits per heavy atom. The number of carbonyl (C=O) groups excluding carboxylic acids is 4. The number of carbonyl (C=O) groups is 4. The molecule has 0 aromatic heterocycles.